The fraction of sp³-hybridized carbons (Fsp3) is 0.0714. The lowest BCUT2D eigenvalue weighted by atomic mass is 10.2. The molecule has 0 bridgehead atoms. The van der Waals surface area contributed by atoms with Crippen LogP contribution in [0.25, 0.3) is 10.9 Å². The average molecular weight is 293 g/mol. The molecule has 5 heteroatoms. The fourth-order valence-corrected chi connectivity index (χ4v) is 2.35. The van der Waals surface area contributed by atoms with E-state index in [9.17, 15) is 0 Å². The predicted molar refractivity (Wildman–Crippen MR) is 76.5 cm³/mol. The van der Waals surface area contributed by atoms with Crippen LogP contribution in [-0.2, 0) is 6.61 Å². The molecule has 0 saturated heterocycles. The maximum Gasteiger partial charge on any atom is 0.145 e. The molecular formula is C14H10Cl2N2O. The van der Waals surface area contributed by atoms with Gasteiger partial charge >= 0.3 is 0 Å². The van der Waals surface area contributed by atoms with E-state index in [1.165, 1.54) is 4.85 Å². The Bertz CT molecular complexity index is 704. The topological polar surface area (TPSA) is 27.1 Å². The summed E-state index contributed by atoms with van der Waals surface area (Å²) in [4.78, 5) is 7.12. The van der Waals surface area contributed by atoms with E-state index in [0.29, 0.717) is 10.0 Å². The quantitative estimate of drug-likeness (QED) is 0.730. The van der Waals surface area contributed by atoms with Crippen LogP contribution < -0.4 is 4.84 Å². The third-order valence-corrected chi connectivity index (χ3v) is 3.55. The lowest BCUT2D eigenvalue weighted by molar-refractivity contribution is 0.0796. The number of para-hydroxylation sites is 1. The van der Waals surface area contributed by atoms with E-state index in [0.717, 1.165) is 16.5 Å². The Morgan fingerprint density at radius 1 is 1.00 bits per heavy atom. The Morgan fingerprint density at radius 3 is 2.53 bits per heavy atom. The van der Waals surface area contributed by atoms with E-state index in [4.69, 9.17) is 28.0 Å². The molecule has 2 aromatic carbocycles. The number of benzene rings is 2. The van der Waals surface area contributed by atoms with E-state index in [2.05, 4.69) is 5.10 Å². The van der Waals surface area contributed by atoms with Gasteiger partial charge in [-0.3, -0.25) is 0 Å². The summed E-state index contributed by atoms with van der Waals surface area (Å²) in [5.41, 5.74) is 1.66. The van der Waals surface area contributed by atoms with Gasteiger partial charge in [-0.05, 0) is 18.2 Å². The highest BCUT2D eigenvalue weighted by Gasteiger charge is 2.08. The summed E-state index contributed by atoms with van der Waals surface area (Å²) in [5, 5.41) is 6.37. The molecular weight excluding hydrogens is 283 g/mol. The van der Waals surface area contributed by atoms with Crippen LogP contribution in [0.1, 0.15) is 5.56 Å². The van der Waals surface area contributed by atoms with E-state index in [1.54, 1.807) is 24.4 Å². The number of rotatable bonds is 3. The summed E-state index contributed by atoms with van der Waals surface area (Å²) in [6.07, 6.45) is 1.75. The van der Waals surface area contributed by atoms with E-state index < -0.39 is 0 Å². The van der Waals surface area contributed by atoms with Crippen LogP contribution >= 0.6 is 23.2 Å². The van der Waals surface area contributed by atoms with Crippen LogP contribution in [-0.4, -0.2) is 9.94 Å². The normalized spacial score (nSPS) is 10.8. The highest BCUT2D eigenvalue weighted by atomic mass is 35.5. The average Bonchev–Trinajstić information content (AvgIpc) is 2.82. The number of hydrogen-bond acceptors (Lipinski definition) is 2. The Balaban J connectivity index is 1.87. The predicted octanol–water partition coefficient (Wildman–Crippen LogP) is 3.97. The zero-order chi connectivity index (χ0) is 13.2. The lowest BCUT2D eigenvalue weighted by Crippen LogP contribution is -2.12. The molecule has 3 nitrogen and oxygen atoms in total. The summed E-state index contributed by atoms with van der Waals surface area (Å²) >= 11 is 12.2. The van der Waals surface area contributed by atoms with Gasteiger partial charge in [-0.15, -0.1) is 5.10 Å². The van der Waals surface area contributed by atoms with Gasteiger partial charge in [0.25, 0.3) is 0 Å². The van der Waals surface area contributed by atoms with Crippen LogP contribution in [0, 0.1) is 0 Å². The molecule has 0 saturated carbocycles. The molecule has 0 fully saturated rings. The highest BCUT2D eigenvalue weighted by Crippen LogP contribution is 2.24. The number of aromatic nitrogens is 2. The Labute approximate surface area is 120 Å². The van der Waals surface area contributed by atoms with Gasteiger partial charge in [-0.1, -0.05) is 52.3 Å². The summed E-state index contributed by atoms with van der Waals surface area (Å²) in [5.74, 6) is 0. The molecule has 1 aromatic heterocycles. The summed E-state index contributed by atoms with van der Waals surface area (Å²) in [7, 11) is 0. The monoisotopic (exact) mass is 292 g/mol. The van der Waals surface area contributed by atoms with Crippen LogP contribution in [0.2, 0.25) is 10.0 Å². The minimum absolute atomic E-state index is 0.268. The maximum atomic E-state index is 6.09. The van der Waals surface area contributed by atoms with Gasteiger partial charge in [0.1, 0.15) is 12.1 Å². The van der Waals surface area contributed by atoms with Crippen LogP contribution in [0.3, 0.4) is 0 Å². The number of nitrogens with zero attached hydrogens (tertiary/aromatic N) is 2. The molecule has 96 valence electrons. The molecule has 1 heterocycles. The van der Waals surface area contributed by atoms with Crippen LogP contribution in [0.5, 0.6) is 0 Å². The lowest BCUT2D eigenvalue weighted by Gasteiger charge is -2.09. The zero-order valence-electron chi connectivity index (χ0n) is 9.88. The molecule has 0 unspecified atom stereocenters. The first-order chi connectivity index (χ1) is 9.25. The van der Waals surface area contributed by atoms with E-state index >= 15 is 0 Å². The number of halogens is 2. The van der Waals surface area contributed by atoms with Gasteiger partial charge in [-0.25, -0.2) is 0 Å². The second kappa shape index (κ2) is 5.11. The second-order valence-corrected chi connectivity index (χ2v) is 4.86. The van der Waals surface area contributed by atoms with E-state index in [1.807, 2.05) is 24.3 Å². The maximum absolute atomic E-state index is 6.09. The molecule has 0 spiro atoms. The van der Waals surface area contributed by atoms with Gasteiger partial charge in [0.2, 0.25) is 0 Å². The molecule has 19 heavy (non-hydrogen) atoms. The van der Waals surface area contributed by atoms with E-state index in [-0.39, 0.29) is 6.61 Å². The minimum atomic E-state index is 0.268. The van der Waals surface area contributed by atoms with Crippen molar-refractivity contribution in [3.05, 3.63) is 64.3 Å². The van der Waals surface area contributed by atoms with Gasteiger partial charge in [0.05, 0.1) is 6.20 Å². The van der Waals surface area contributed by atoms with Crippen LogP contribution in [0.4, 0.5) is 0 Å². The standard InChI is InChI=1S/C14H10Cl2N2O/c15-12-5-3-6-13(16)11(12)9-19-18-14-7-2-1-4-10(14)8-17-18/h1-8H,9H2. The Hall–Kier alpha value is -1.71. The fourth-order valence-electron chi connectivity index (χ4n) is 1.85. The van der Waals surface area contributed by atoms with Crippen molar-refractivity contribution in [1.29, 1.82) is 0 Å². The Morgan fingerprint density at radius 2 is 1.74 bits per heavy atom. The van der Waals surface area contributed by atoms with Crippen molar-refractivity contribution >= 4 is 34.1 Å². The molecule has 3 aromatic rings. The van der Waals surface area contributed by atoms with Gasteiger partial charge in [0, 0.05) is 21.0 Å². The van der Waals surface area contributed by atoms with Crippen molar-refractivity contribution in [3.63, 3.8) is 0 Å². The largest absolute Gasteiger partial charge is 0.391 e. The number of hydrogen-bond donors (Lipinski definition) is 0. The molecule has 0 aliphatic rings. The SMILES string of the molecule is Clc1cccc(Cl)c1COn1ncc2ccccc21. The van der Waals surface area contributed by atoms with Crippen molar-refractivity contribution in [2.24, 2.45) is 0 Å². The molecule has 0 aliphatic heterocycles. The van der Waals surface area contributed by atoms with Crippen LogP contribution in [0.15, 0.2) is 48.7 Å². The van der Waals surface area contributed by atoms with Crippen molar-refractivity contribution < 1.29 is 4.84 Å². The van der Waals surface area contributed by atoms with Gasteiger partial charge < -0.3 is 4.84 Å². The van der Waals surface area contributed by atoms with Crippen molar-refractivity contribution in [2.45, 2.75) is 6.61 Å². The van der Waals surface area contributed by atoms with Crippen molar-refractivity contribution in [2.75, 3.05) is 0 Å². The zero-order valence-corrected chi connectivity index (χ0v) is 11.4. The van der Waals surface area contributed by atoms with Crippen molar-refractivity contribution in [1.82, 2.24) is 9.94 Å². The molecule has 3 rings (SSSR count). The molecule has 0 atom stereocenters. The molecule has 0 radical (unpaired) electrons. The minimum Gasteiger partial charge on any atom is -0.391 e. The third kappa shape index (κ3) is 2.39. The first kappa shape index (κ1) is 12.3. The molecule has 0 amide bonds. The van der Waals surface area contributed by atoms with Crippen molar-refractivity contribution in [3.8, 4) is 0 Å². The summed E-state index contributed by atoms with van der Waals surface area (Å²) in [6.45, 7) is 0.268. The van der Waals surface area contributed by atoms with Gasteiger partial charge in [-0.2, -0.15) is 0 Å². The summed E-state index contributed by atoms with van der Waals surface area (Å²) in [6, 6.07) is 13.2. The summed E-state index contributed by atoms with van der Waals surface area (Å²) < 4.78 is 0. The smallest absolute Gasteiger partial charge is 0.145 e. The third-order valence-electron chi connectivity index (χ3n) is 2.84. The second-order valence-electron chi connectivity index (χ2n) is 4.05. The van der Waals surface area contributed by atoms with Gasteiger partial charge in [0.15, 0.2) is 0 Å². The molecule has 0 aliphatic carbocycles. The Kier molecular flexibility index (Phi) is 3.32. The number of fused-ring (bicyclic) bond motifs is 1. The first-order valence-electron chi connectivity index (χ1n) is 5.74. The highest BCUT2D eigenvalue weighted by molar-refractivity contribution is 6.35. The first-order valence-corrected chi connectivity index (χ1v) is 6.50. The molecule has 0 N–H and O–H groups in total.